The van der Waals surface area contributed by atoms with E-state index in [1.807, 2.05) is 12.4 Å². The average molecular weight is 247 g/mol. The predicted octanol–water partition coefficient (Wildman–Crippen LogP) is 3.11. The third-order valence-corrected chi connectivity index (χ3v) is 4.47. The van der Waals surface area contributed by atoms with Gasteiger partial charge in [-0.25, -0.2) is 0 Å². The third-order valence-electron chi connectivity index (χ3n) is 4.47. The van der Waals surface area contributed by atoms with Gasteiger partial charge in [0.15, 0.2) is 0 Å². The van der Waals surface area contributed by atoms with Gasteiger partial charge >= 0.3 is 0 Å². The Hall–Kier alpha value is -0.930. The number of aryl methyl sites for hydroxylation is 1. The van der Waals surface area contributed by atoms with Crippen LogP contribution in [-0.4, -0.2) is 4.98 Å². The number of aromatic nitrogens is 1. The molecule has 0 radical (unpaired) electrons. The van der Waals surface area contributed by atoms with Gasteiger partial charge in [0.2, 0.25) is 0 Å². The Balaban J connectivity index is 2.15. The average Bonchev–Trinajstić information content (AvgIpc) is 2.42. The molecule has 1 aliphatic rings. The molecule has 1 aromatic heterocycles. The van der Waals surface area contributed by atoms with Gasteiger partial charge in [-0.2, -0.15) is 0 Å². The van der Waals surface area contributed by atoms with Crippen molar-refractivity contribution in [3.8, 4) is 0 Å². The predicted molar refractivity (Wildman–Crippen MR) is 74.8 cm³/mol. The summed E-state index contributed by atoms with van der Waals surface area (Å²) >= 11 is 0. The second-order valence-corrected chi connectivity index (χ2v) is 5.58. The molecular formula is C15H25N3. The van der Waals surface area contributed by atoms with Crippen LogP contribution in [0.15, 0.2) is 18.5 Å². The molecule has 3 N–H and O–H groups in total. The van der Waals surface area contributed by atoms with Gasteiger partial charge in [0.05, 0.1) is 6.04 Å². The van der Waals surface area contributed by atoms with E-state index in [1.165, 1.54) is 43.2 Å². The van der Waals surface area contributed by atoms with Crippen molar-refractivity contribution in [1.29, 1.82) is 0 Å². The van der Waals surface area contributed by atoms with Gasteiger partial charge < -0.3 is 0 Å². The van der Waals surface area contributed by atoms with Crippen molar-refractivity contribution in [2.75, 3.05) is 0 Å². The molecule has 0 amide bonds. The lowest BCUT2D eigenvalue weighted by Gasteiger charge is -2.34. The minimum Gasteiger partial charge on any atom is -0.271 e. The van der Waals surface area contributed by atoms with Crippen LogP contribution >= 0.6 is 0 Å². The van der Waals surface area contributed by atoms with Crippen molar-refractivity contribution in [2.45, 2.75) is 52.0 Å². The van der Waals surface area contributed by atoms with Crippen molar-refractivity contribution < 1.29 is 0 Å². The van der Waals surface area contributed by atoms with E-state index in [-0.39, 0.29) is 6.04 Å². The van der Waals surface area contributed by atoms with E-state index in [9.17, 15) is 0 Å². The molecule has 0 saturated heterocycles. The molecular weight excluding hydrogens is 222 g/mol. The van der Waals surface area contributed by atoms with Crippen LogP contribution < -0.4 is 11.3 Å². The Morgan fingerprint density at radius 3 is 3.00 bits per heavy atom. The lowest BCUT2D eigenvalue weighted by molar-refractivity contribution is 0.209. The van der Waals surface area contributed by atoms with Crippen molar-refractivity contribution in [3.63, 3.8) is 0 Å². The summed E-state index contributed by atoms with van der Waals surface area (Å²) in [6, 6.07) is 2.33. The number of nitrogens with one attached hydrogen (secondary N) is 1. The maximum Gasteiger partial charge on any atom is 0.0506 e. The lowest BCUT2D eigenvalue weighted by Crippen LogP contribution is -2.36. The Morgan fingerprint density at radius 1 is 1.50 bits per heavy atom. The topological polar surface area (TPSA) is 50.9 Å². The van der Waals surface area contributed by atoms with Crippen molar-refractivity contribution in [3.05, 3.63) is 29.6 Å². The Labute approximate surface area is 110 Å². The summed E-state index contributed by atoms with van der Waals surface area (Å²) in [6.45, 7) is 4.44. The first-order chi connectivity index (χ1) is 8.76. The molecule has 1 fully saturated rings. The van der Waals surface area contributed by atoms with Crippen LogP contribution in [0.3, 0.4) is 0 Å². The molecule has 0 aliphatic heterocycles. The first-order valence-corrected chi connectivity index (χ1v) is 7.12. The number of hydrogen-bond donors (Lipinski definition) is 2. The zero-order valence-electron chi connectivity index (χ0n) is 11.5. The normalized spacial score (nSPS) is 25.9. The molecule has 2 rings (SSSR count). The van der Waals surface area contributed by atoms with Crippen molar-refractivity contribution in [1.82, 2.24) is 10.4 Å². The largest absolute Gasteiger partial charge is 0.271 e. The highest BCUT2D eigenvalue weighted by atomic mass is 15.2. The van der Waals surface area contributed by atoms with Gasteiger partial charge in [-0.15, -0.1) is 0 Å². The summed E-state index contributed by atoms with van der Waals surface area (Å²) in [4.78, 5) is 4.25. The van der Waals surface area contributed by atoms with E-state index < -0.39 is 0 Å². The fourth-order valence-electron chi connectivity index (χ4n) is 3.29. The van der Waals surface area contributed by atoms with E-state index in [4.69, 9.17) is 5.84 Å². The molecule has 1 heterocycles. The zero-order chi connectivity index (χ0) is 13.0. The number of rotatable bonds is 4. The molecule has 0 aromatic carbocycles. The van der Waals surface area contributed by atoms with Crippen molar-refractivity contribution in [2.24, 2.45) is 17.7 Å². The van der Waals surface area contributed by atoms with Gasteiger partial charge in [0.1, 0.15) is 0 Å². The Morgan fingerprint density at radius 2 is 2.33 bits per heavy atom. The van der Waals surface area contributed by atoms with Gasteiger partial charge in [0.25, 0.3) is 0 Å². The van der Waals surface area contributed by atoms with Crippen LogP contribution in [0.5, 0.6) is 0 Å². The molecule has 0 spiro atoms. The van der Waals surface area contributed by atoms with Crippen LogP contribution in [0, 0.1) is 18.8 Å². The number of pyridine rings is 1. The summed E-state index contributed by atoms with van der Waals surface area (Å²) in [7, 11) is 0. The molecule has 1 aliphatic carbocycles. The second-order valence-electron chi connectivity index (χ2n) is 5.58. The van der Waals surface area contributed by atoms with Gasteiger partial charge in [-0.3, -0.25) is 16.3 Å². The van der Waals surface area contributed by atoms with Crippen molar-refractivity contribution >= 4 is 0 Å². The number of nitrogens with zero attached hydrogens (tertiary/aromatic N) is 1. The maximum absolute atomic E-state index is 5.81. The quantitative estimate of drug-likeness (QED) is 0.635. The zero-order valence-corrected chi connectivity index (χ0v) is 11.5. The highest BCUT2D eigenvalue weighted by Gasteiger charge is 2.28. The minimum atomic E-state index is 0.257. The fourth-order valence-corrected chi connectivity index (χ4v) is 3.29. The molecule has 3 atom stereocenters. The Bertz CT molecular complexity index is 378. The number of hydrazine groups is 1. The molecule has 18 heavy (non-hydrogen) atoms. The SMILES string of the molecule is CCC1CCCC(C(NN)c2cnccc2C)C1. The van der Waals surface area contributed by atoms with Crippen LogP contribution in [0.4, 0.5) is 0 Å². The minimum absolute atomic E-state index is 0.257. The first-order valence-electron chi connectivity index (χ1n) is 7.12. The second kappa shape index (κ2) is 6.30. The van der Waals surface area contributed by atoms with E-state index in [2.05, 4.69) is 30.3 Å². The molecule has 3 nitrogen and oxygen atoms in total. The van der Waals surface area contributed by atoms with E-state index in [0.717, 1.165) is 5.92 Å². The van der Waals surface area contributed by atoms with E-state index >= 15 is 0 Å². The monoisotopic (exact) mass is 247 g/mol. The first kappa shape index (κ1) is 13.5. The van der Waals surface area contributed by atoms with Crippen LogP contribution in [-0.2, 0) is 0 Å². The molecule has 100 valence electrons. The highest BCUT2D eigenvalue weighted by Crippen LogP contribution is 2.38. The lowest BCUT2D eigenvalue weighted by atomic mass is 9.75. The third kappa shape index (κ3) is 2.90. The highest BCUT2D eigenvalue weighted by molar-refractivity contribution is 5.25. The van der Waals surface area contributed by atoms with Crippen LogP contribution in [0.1, 0.15) is 56.2 Å². The van der Waals surface area contributed by atoms with Crippen LogP contribution in [0.2, 0.25) is 0 Å². The standard InChI is InChI=1S/C15H25N3/c1-3-12-5-4-6-13(9-12)15(18-16)14-10-17-8-7-11(14)2/h7-8,10,12-13,15,18H,3-6,9,16H2,1-2H3. The molecule has 1 aromatic rings. The molecule has 1 saturated carbocycles. The molecule has 0 bridgehead atoms. The summed E-state index contributed by atoms with van der Waals surface area (Å²) in [5.41, 5.74) is 5.58. The number of nitrogens with two attached hydrogens (primary N) is 1. The summed E-state index contributed by atoms with van der Waals surface area (Å²) < 4.78 is 0. The maximum atomic E-state index is 5.81. The van der Waals surface area contributed by atoms with Gasteiger partial charge in [-0.05, 0) is 48.8 Å². The number of hydrogen-bond acceptors (Lipinski definition) is 3. The molecule has 3 heteroatoms. The van der Waals surface area contributed by atoms with E-state index in [1.54, 1.807) is 0 Å². The Kier molecular flexibility index (Phi) is 4.72. The fraction of sp³-hybridized carbons (Fsp3) is 0.667. The smallest absolute Gasteiger partial charge is 0.0506 e. The summed E-state index contributed by atoms with van der Waals surface area (Å²) in [5.74, 6) is 7.34. The summed E-state index contributed by atoms with van der Waals surface area (Å²) in [5, 5.41) is 0. The molecule has 3 unspecified atom stereocenters. The van der Waals surface area contributed by atoms with Gasteiger partial charge in [0, 0.05) is 12.4 Å². The van der Waals surface area contributed by atoms with Crippen LogP contribution in [0.25, 0.3) is 0 Å². The van der Waals surface area contributed by atoms with E-state index in [0.29, 0.717) is 5.92 Å². The van der Waals surface area contributed by atoms with Gasteiger partial charge in [-0.1, -0.05) is 26.2 Å². The summed E-state index contributed by atoms with van der Waals surface area (Å²) in [6.07, 6.45) is 10.4.